The van der Waals surface area contributed by atoms with Gasteiger partial charge in [-0.2, -0.15) is 0 Å². The minimum atomic E-state index is -4.71. The van der Waals surface area contributed by atoms with Gasteiger partial charge >= 0.3 is 198 Å². The molecule has 0 saturated heterocycles. The summed E-state index contributed by atoms with van der Waals surface area (Å²) in [6, 6.07) is 33.9. The Morgan fingerprint density at radius 2 is 0.968 bits per heavy atom. The van der Waals surface area contributed by atoms with E-state index in [2.05, 4.69) is 117 Å². The van der Waals surface area contributed by atoms with E-state index in [0.29, 0.717) is 0 Å². The van der Waals surface area contributed by atoms with Crippen LogP contribution < -0.4 is 0 Å². The van der Waals surface area contributed by atoms with Crippen molar-refractivity contribution < 1.29 is 15.8 Å². The second-order valence-corrected chi connectivity index (χ2v) is 52.1. The third-order valence-corrected chi connectivity index (χ3v) is 36.5. The summed E-state index contributed by atoms with van der Waals surface area (Å²) in [5.74, 6) is 0. The van der Waals surface area contributed by atoms with Crippen molar-refractivity contribution in [3.05, 3.63) is 127 Å². The molecule has 3 aromatic rings. The molecule has 0 aromatic heterocycles. The molecule has 4 rings (SSSR count). The Morgan fingerprint density at radius 1 is 0.613 bits per heavy atom. The van der Waals surface area contributed by atoms with Gasteiger partial charge in [0, 0.05) is 0 Å². The molecule has 2 heteroatoms. The number of allylic oxidation sites excluding steroid dienone is 4. The zero-order valence-corrected chi connectivity index (χ0v) is 25.0. The van der Waals surface area contributed by atoms with Crippen LogP contribution in [0, 0.1) is 0 Å². The molecule has 0 spiro atoms. The van der Waals surface area contributed by atoms with E-state index in [-0.39, 0.29) is 0 Å². The third kappa shape index (κ3) is 4.38. The van der Waals surface area contributed by atoms with E-state index in [1.807, 2.05) is 0 Å². The molecule has 0 nitrogen and oxygen atoms in total. The van der Waals surface area contributed by atoms with E-state index in [9.17, 15) is 0 Å². The Hall–Kier alpha value is -1.18. The van der Waals surface area contributed by atoms with Crippen LogP contribution >= 0.6 is 0 Å². The molecule has 0 aliphatic heterocycles. The molecule has 0 fully saturated rings. The monoisotopic (exact) mass is 593 g/mol. The van der Waals surface area contributed by atoms with Crippen LogP contribution in [0.1, 0.15) is 23.1 Å². The van der Waals surface area contributed by atoms with Crippen LogP contribution in [0.15, 0.2) is 110 Å². The van der Waals surface area contributed by atoms with Crippen LogP contribution in [0.25, 0.3) is 0 Å². The second kappa shape index (κ2) is 7.16. The van der Waals surface area contributed by atoms with Crippen LogP contribution in [0.4, 0.5) is 0 Å². The predicted octanol–water partition coefficient (Wildman–Crippen LogP) is 7.56. The SMILES string of the molecule is [CH3][Zr]([CH3])([CH3])([CH2]c1ccccc1)([CH2]c1ccccc1)([CH2]c1ccccc1)[C]1=[C]([SnH])C=CC1. The molecule has 2 radical (unpaired) electrons. The van der Waals surface area contributed by atoms with E-state index < -0.39 is 15.8 Å². The second-order valence-electron chi connectivity index (χ2n) is 13.2. The summed E-state index contributed by atoms with van der Waals surface area (Å²) in [4.78, 5) is 0. The van der Waals surface area contributed by atoms with Crippen molar-refractivity contribution in [1.29, 1.82) is 0 Å². The standard InChI is InChI=1S/3C7H7.C5H4.3CH3.Sn.Zr.H/c3*1-7-5-3-2-4-6-7;1-2-4-5-3-1;;;;;;/h3*2-6H,1H2;1-2H,3H2;3*1H3;;;. The van der Waals surface area contributed by atoms with Crippen molar-refractivity contribution >= 4 is 22.5 Å². The van der Waals surface area contributed by atoms with E-state index >= 15 is 0 Å². The molecule has 0 bridgehead atoms. The first kappa shape index (κ1) is 23.0. The van der Waals surface area contributed by atoms with Crippen LogP contribution in [-0.2, 0) is 28.2 Å². The Morgan fingerprint density at radius 3 is 1.26 bits per heavy atom. The van der Waals surface area contributed by atoms with E-state index in [4.69, 9.17) is 0 Å². The van der Waals surface area contributed by atoms with Gasteiger partial charge in [-0.1, -0.05) is 0 Å². The molecule has 31 heavy (non-hydrogen) atoms. The van der Waals surface area contributed by atoms with Crippen molar-refractivity contribution in [2.24, 2.45) is 0 Å². The fraction of sp³-hybridized carbons (Fsp3) is 0.241. The molecule has 0 N–H and O–H groups in total. The zero-order valence-electron chi connectivity index (χ0n) is 19.2. The first-order chi connectivity index (χ1) is 14.6. The predicted molar refractivity (Wildman–Crippen MR) is 136 cm³/mol. The molecule has 0 amide bonds. The van der Waals surface area contributed by atoms with Crippen molar-refractivity contribution in [2.45, 2.75) is 32.7 Å². The van der Waals surface area contributed by atoms with Crippen LogP contribution in [0.2, 0.25) is 13.9 Å². The van der Waals surface area contributed by atoms with Gasteiger partial charge in [-0.3, -0.25) is 0 Å². The van der Waals surface area contributed by atoms with E-state index in [1.165, 1.54) is 51.6 Å². The van der Waals surface area contributed by atoms with Gasteiger partial charge in [-0.25, -0.2) is 0 Å². The van der Waals surface area contributed by atoms with Crippen molar-refractivity contribution in [2.75, 3.05) is 0 Å². The molecule has 0 heterocycles. The van der Waals surface area contributed by atoms with Crippen molar-refractivity contribution in [3.63, 3.8) is 0 Å². The topological polar surface area (TPSA) is 0 Å². The maximum absolute atomic E-state index is 4.71. The van der Waals surface area contributed by atoms with Gasteiger partial charge in [0.1, 0.15) is 0 Å². The van der Waals surface area contributed by atoms with Crippen molar-refractivity contribution in [3.8, 4) is 0 Å². The minimum absolute atomic E-state index is 1.12. The zero-order chi connectivity index (χ0) is 22.1. The van der Waals surface area contributed by atoms with Gasteiger partial charge < -0.3 is 0 Å². The molecular weight excluding hydrogens is 558 g/mol. The van der Waals surface area contributed by atoms with E-state index in [0.717, 1.165) is 6.42 Å². The Balaban J connectivity index is 2.07. The number of hydrogen-bond acceptors (Lipinski definition) is 0. The summed E-state index contributed by atoms with van der Waals surface area (Å²) in [6.07, 6.45) is 5.98. The Bertz CT molecular complexity index is 1060. The fourth-order valence-electron chi connectivity index (χ4n) is 7.09. The van der Waals surface area contributed by atoms with Gasteiger partial charge in [-0.05, 0) is 0 Å². The van der Waals surface area contributed by atoms with Gasteiger partial charge in [-0.15, -0.1) is 0 Å². The van der Waals surface area contributed by atoms with Gasteiger partial charge in [0.2, 0.25) is 0 Å². The van der Waals surface area contributed by atoms with Gasteiger partial charge in [0.05, 0.1) is 0 Å². The molecule has 0 atom stereocenters. The third-order valence-electron chi connectivity index (χ3n) is 8.26. The average Bonchev–Trinajstić information content (AvgIpc) is 3.18. The number of rotatable bonds is 7. The molecule has 1 aliphatic rings. The summed E-state index contributed by atoms with van der Waals surface area (Å²) in [5, 5.41) is 0. The fourth-order valence-corrected chi connectivity index (χ4v) is 46.0. The molecule has 1 aliphatic carbocycles. The maximum atomic E-state index is 2.78. The van der Waals surface area contributed by atoms with Crippen molar-refractivity contribution in [1.82, 2.24) is 0 Å². The summed E-state index contributed by atoms with van der Waals surface area (Å²) in [7, 11) is 0. The van der Waals surface area contributed by atoms with E-state index in [1.54, 1.807) is 6.87 Å². The first-order valence-corrected chi connectivity index (χ1v) is 27.0. The van der Waals surface area contributed by atoms with Crippen LogP contribution in [0.5, 0.6) is 0 Å². The molecule has 3 aromatic carbocycles. The van der Waals surface area contributed by atoms with Gasteiger partial charge in [0.15, 0.2) is 0 Å². The first-order valence-electron chi connectivity index (χ1n) is 11.5. The molecule has 159 valence electrons. The Kier molecular flexibility index (Phi) is 5.31. The number of hydrogen-bond donors (Lipinski definition) is 0. The summed E-state index contributed by atoms with van der Waals surface area (Å²) >= 11 is -3.52. The Labute approximate surface area is 196 Å². The molecule has 0 unspecified atom stereocenters. The van der Waals surface area contributed by atoms with Crippen LogP contribution in [0.3, 0.4) is 0 Å². The summed E-state index contributed by atoms with van der Waals surface area (Å²) in [5.41, 5.74) is 4.45. The van der Waals surface area contributed by atoms with Crippen LogP contribution in [-0.4, -0.2) is 22.5 Å². The number of benzene rings is 3. The summed E-state index contributed by atoms with van der Waals surface area (Å²) < 4.78 is 15.3. The molecule has 0 saturated carbocycles. The quantitative estimate of drug-likeness (QED) is 0.248. The summed E-state index contributed by atoms with van der Waals surface area (Å²) in [6.45, 7) is 0. The van der Waals surface area contributed by atoms with Gasteiger partial charge in [0.25, 0.3) is 0 Å². The normalized spacial score (nSPS) is 17.6. The average molecular weight is 594 g/mol. The molecular formula is C29H35SnZr.